The molecule has 0 spiro atoms. The van der Waals surface area contributed by atoms with Gasteiger partial charge in [-0.05, 0) is 44.5 Å². The van der Waals surface area contributed by atoms with Crippen molar-refractivity contribution in [3.8, 4) is 0 Å². The molecule has 1 aromatic carbocycles. The summed E-state index contributed by atoms with van der Waals surface area (Å²) in [6, 6.07) is 8.90. The van der Waals surface area contributed by atoms with E-state index in [-0.39, 0.29) is 11.9 Å². The second-order valence-electron chi connectivity index (χ2n) is 7.23. The van der Waals surface area contributed by atoms with Gasteiger partial charge < -0.3 is 19.8 Å². The van der Waals surface area contributed by atoms with Crippen molar-refractivity contribution in [3.05, 3.63) is 58.8 Å². The Morgan fingerprint density at radius 3 is 2.52 bits per heavy atom. The minimum Gasteiger partial charge on any atom is -0.466 e. The number of rotatable bonds is 7. The zero-order valence-corrected chi connectivity index (χ0v) is 17.5. The lowest BCUT2D eigenvalue weighted by Gasteiger charge is -2.35. The maximum Gasteiger partial charge on any atom is 0.191 e. The molecule has 1 atom stereocenters. The Labute approximate surface area is 172 Å². The van der Waals surface area contributed by atoms with Gasteiger partial charge in [0.1, 0.15) is 17.3 Å². The molecule has 158 valence electrons. The number of guanidine groups is 1. The quantitative estimate of drug-likeness (QED) is 0.550. The Kier molecular flexibility index (Phi) is 7.66. The van der Waals surface area contributed by atoms with Crippen LogP contribution in [0, 0.1) is 19.7 Å². The molecule has 1 aromatic heterocycles. The summed E-state index contributed by atoms with van der Waals surface area (Å²) < 4.78 is 24.5. The highest BCUT2D eigenvalue weighted by atomic mass is 19.1. The summed E-state index contributed by atoms with van der Waals surface area (Å²) in [6.07, 6.45) is 0. The van der Waals surface area contributed by atoms with Crippen LogP contribution in [0.1, 0.15) is 35.6 Å². The van der Waals surface area contributed by atoms with E-state index in [1.807, 2.05) is 39.0 Å². The van der Waals surface area contributed by atoms with E-state index in [2.05, 4.69) is 15.5 Å². The third-order valence-electron chi connectivity index (χ3n) is 5.10. The molecule has 0 bridgehead atoms. The first-order valence-electron chi connectivity index (χ1n) is 10.2. The SMILES string of the molecule is CCNC(=NCc1cc(C)oc1C)NCC(c1ccc(F)cc1)N1CCOCC1. The molecule has 6 nitrogen and oxygen atoms in total. The van der Waals surface area contributed by atoms with Gasteiger partial charge in [0.05, 0.1) is 25.8 Å². The van der Waals surface area contributed by atoms with Crippen molar-refractivity contribution in [3.63, 3.8) is 0 Å². The van der Waals surface area contributed by atoms with E-state index in [0.29, 0.717) is 26.3 Å². The van der Waals surface area contributed by atoms with Crippen molar-refractivity contribution in [2.45, 2.75) is 33.4 Å². The molecule has 0 amide bonds. The van der Waals surface area contributed by atoms with Crippen molar-refractivity contribution in [1.29, 1.82) is 0 Å². The van der Waals surface area contributed by atoms with Crippen LogP contribution < -0.4 is 10.6 Å². The molecular weight excluding hydrogens is 371 g/mol. The molecule has 3 rings (SSSR count). The number of aliphatic imine (C=N–C) groups is 1. The average molecular weight is 403 g/mol. The molecular formula is C22H31FN4O2. The molecule has 2 aromatic rings. The van der Waals surface area contributed by atoms with Gasteiger partial charge >= 0.3 is 0 Å². The Morgan fingerprint density at radius 2 is 1.90 bits per heavy atom. The Hall–Kier alpha value is -2.38. The second kappa shape index (κ2) is 10.4. The first-order chi connectivity index (χ1) is 14.1. The van der Waals surface area contributed by atoms with Gasteiger partial charge in [-0.2, -0.15) is 0 Å². The highest BCUT2D eigenvalue weighted by Crippen LogP contribution is 2.22. The molecule has 1 unspecified atom stereocenters. The van der Waals surface area contributed by atoms with E-state index in [1.165, 1.54) is 12.1 Å². The number of aryl methyl sites for hydroxylation is 2. The molecule has 1 saturated heterocycles. The highest BCUT2D eigenvalue weighted by molar-refractivity contribution is 5.79. The van der Waals surface area contributed by atoms with Gasteiger partial charge in [0.2, 0.25) is 0 Å². The summed E-state index contributed by atoms with van der Waals surface area (Å²) in [5.74, 6) is 2.34. The van der Waals surface area contributed by atoms with Gasteiger partial charge in [-0.1, -0.05) is 12.1 Å². The maximum absolute atomic E-state index is 13.4. The number of nitrogens with zero attached hydrogens (tertiary/aromatic N) is 2. The van der Waals surface area contributed by atoms with Gasteiger partial charge in [0.15, 0.2) is 5.96 Å². The first-order valence-corrected chi connectivity index (χ1v) is 10.2. The third kappa shape index (κ3) is 6.05. The lowest BCUT2D eigenvalue weighted by Crippen LogP contribution is -2.46. The number of morpholine rings is 1. The minimum absolute atomic E-state index is 0.112. The minimum atomic E-state index is -0.219. The van der Waals surface area contributed by atoms with Crippen LogP contribution in [0.15, 0.2) is 39.7 Å². The molecule has 0 radical (unpaired) electrons. The number of nitrogens with one attached hydrogen (secondary N) is 2. The second-order valence-corrected chi connectivity index (χ2v) is 7.23. The fraction of sp³-hybridized carbons (Fsp3) is 0.500. The summed E-state index contributed by atoms with van der Waals surface area (Å²) >= 11 is 0. The number of halogens is 1. The van der Waals surface area contributed by atoms with Crippen LogP contribution in [0.4, 0.5) is 4.39 Å². The Morgan fingerprint density at radius 1 is 1.17 bits per heavy atom. The normalized spacial score (nSPS) is 16.6. The zero-order valence-electron chi connectivity index (χ0n) is 17.5. The predicted molar refractivity (Wildman–Crippen MR) is 113 cm³/mol. The van der Waals surface area contributed by atoms with Gasteiger partial charge in [-0.3, -0.25) is 4.90 Å². The molecule has 2 N–H and O–H groups in total. The molecule has 0 saturated carbocycles. The van der Waals surface area contributed by atoms with Crippen molar-refractivity contribution in [2.24, 2.45) is 4.99 Å². The van der Waals surface area contributed by atoms with Gasteiger partial charge in [0, 0.05) is 31.7 Å². The van der Waals surface area contributed by atoms with Gasteiger partial charge in [-0.25, -0.2) is 9.38 Å². The number of ether oxygens (including phenoxy) is 1. The van der Waals surface area contributed by atoms with Crippen LogP contribution in [0.2, 0.25) is 0 Å². The summed E-state index contributed by atoms with van der Waals surface area (Å²) in [6.45, 7) is 11.1. The molecule has 1 aliphatic heterocycles. The number of hydrogen-bond acceptors (Lipinski definition) is 4. The van der Waals surface area contributed by atoms with E-state index >= 15 is 0 Å². The maximum atomic E-state index is 13.4. The van der Waals surface area contributed by atoms with Crippen molar-refractivity contribution in [1.82, 2.24) is 15.5 Å². The van der Waals surface area contributed by atoms with E-state index < -0.39 is 0 Å². The van der Waals surface area contributed by atoms with Crippen LogP contribution in [0.5, 0.6) is 0 Å². The molecule has 0 aliphatic carbocycles. The molecule has 29 heavy (non-hydrogen) atoms. The largest absolute Gasteiger partial charge is 0.466 e. The lowest BCUT2D eigenvalue weighted by molar-refractivity contribution is 0.0170. The summed E-state index contributed by atoms with van der Waals surface area (Å²) in [5.41, 5.74) is 2.17. The van der Waals surface area contributed by atoms with Crippen LogP contribution in [-0.2, 0) is 11.3 Å². The van der Waals surface area contributed by atoms with Crippen LogP contribution in [-0.4, -0.2) is 50.3 Å². The van der Waals surface area contributed by atoms with Crippen LogP contribution >= 0.6 is 0 Å². The number of hydrogen-bond donors (Lipinski definition) is 2. The van der Waals surface area contributed by atoms with Crippen molar-refractivity contribution < 1.29 is 13.5 Å². The fourth-order valence-electron chi connectivity index (χ4n) is 3.57. The molecule has 1 aliphatic rings. The Balaban J connectivity index is 1.71. The Bertz CT molecular complexity index is 798. The number of benzene rings is 1. The first kappa shape index (κ1) is 21.3. The van der Waals surface area contributed by atoms with Crippen molar-refractivity contribution >= 4 is 5.96 Å². The monoisotopic (exact) mass is 402 g/mol. The number of furan rings is 1. The topological polar surface area (TPSA) is 62.0 Å². The van der Waals surface area contributed by atoms with Crippen molar-refractivity contribution in [2.75, 3.05) is 39.4 Å². The van der Waals surface area contributed by atoms with Gasteiger partial charge in [0.25, 0.3) is 0 Å². The van der Waals surface area contributed by atoms with Crippen LogP contribution in [0.25, 0.3) is 0 Å². The molecule has 2 heterocycles. The highest BCUT2D eigenvalue weighted by Gasteiger charge is 2.23. The summed E-state index contributed by atoms with van der Waals surface area (Å²) in [7, 11) is 0. The average Bonchev–Trinajstić information content (AvgIpc) is 3.05. The smallest absolute Gasteiger partial charge is 0.191 e. The summed E-state index contributed by atoms with van der Waals surface area (Å²) in [4.78, 5) is 7.09. The van der Waals surface area contributed by atoms with E-state index in [4.69, 9.17) is 14.1 Å². The fourth-order valence-corrected chi connectivity index (χ4v) is 3.57. The predicted octanol–water partition coefficient (Wildman–Crippen LogP) is 3.16. The van der Waals surface area contributed by atoms with E-state index in [1.54, 1.807) is 0 Å². The lowest BCUT2D eigenvalue weighted by atomic mass is 10.0. The molecule has 7 heteroatoms. The molecule has 1 fully saturated rings. The third-order valence-corrected chi connectivity index (χ3v) is 5.10. The summed E-state index contributed by atoms with van der Waals surface area (Å²) in [5, 5.41) is 6.76. The van der Waals surface area contributed by atoms with Gasteiger partial charge in [-0.15, -0.1) is 0 Å². The van der Waals surface area contributed by atoms with Crippen LogP contribution in [0.3, 0.4) is 0 Å². The zero-order chi connectivity index (χ0) is 20.6. The van der Waals surface area contributed by atoms with E-state index in [9.17, 15) is 4.39 Å². The standard InChI is InChI=1S/C22H31FN4O2/c1-4-24-22(25-14-19-13-16(2)29-17(19)3)26-15-21(27-9-11-28-12-10-27)18-5-7-20(23)8-6-18/h5-8,13,21H,4,9-12,14-15H2,1-3H3,(H2,24,25,26). The van der Waals surface area contributed by atoms with E-state index in [0.717, 1.165) is 48.2 Å².